The van der Waals surface area contributed by atoms with Crippen LogP contribution in [0.2, 0.25) is 0 Å². The van der Waals surface area contributed by atoms with E-state index in [2.05, 4.69) is 15.5 Å². The maximum Gasteiger partial charge on any atom is 0.253 e. The molecule has 1 aliphatic heterocycles. The number of ether oxygens (including phenoxy) is 1. The zero-order valence-electron chi connectivity index (χ0n) is 16.5. The van der Waals surface area contributed by atoms with Gasteiger partial charge in [0.25, 0.3) is 5.91 Å². The van der Waals surface area contributed by atoms with Gasteiger partial charge in [-0.3, -0.25) is 14.3 Å². The lowest BCUT2D eigenvalue weighted by molar-refractivity contribution is -0.129. The van der Waals surface area contributed by atoms with Crippen LogP contribution in [0.1, 0.15) is 28.4 Å². The van der Waals surface area contributed by atoms with Gasteiger partial charge in [-0.15, -0.1) is 0 Å². The zero-order valence-corrected chi connectivity index (χ0v) is 16.5. The van der Waals surface area contributed by atoms with E-state index in [1.54, 1.807) is 53.1 Å². The molecule has 1 N–H and O–H groups in total. The number of likely N-dealkylation sites (tertiary alicyclic amines) is 1. The molecule has 4 rings (SSSR count). The smallest absolute Gasteiger partial charge is 0.253 e. The van der Waals surface area contributed by atoms with Gasteiger partial charge in [0, 0.05) is 57.5 Å². The first-order valence-corrected chi connectivity index (χ1v) is 9.56. The lowest BCUT2D eigenvalue weighted by Gasteiger charge is -2.27. The number of fused-ring (bicyclic) bond motifs is 1. The quantitative estimate of drug-likeness (QED) is 0.644. The predicted molar refractivity (Wildman–Crippen MR) is 105 cm³/mol. The number of pyridine rings is 1. The molecular weight excluding hydrogens is 372 g/mol. The first-order valence-electron chi connectivity index (χ1n) is 9.56. The average molecular weight is 396 g/mol. The van der Waals surface area contributed by atoms with E-state index in [0.29, 0.717) is 31.7 Å². The number of aryl methyl sites for hydroxylation is 1. The lowest BCUT2D eigenvalue weighted by Crippen LogP contribution is -2.35. The number of aromatic nitrogens is 4. The van der Waals surface area contributed by atoms with Crippen LogP contribution in [0.5, 0.6) is 0 Å². The first kappa shape index (κ1) is 19.1. The van der Waals surface area contributed by atoms with Gasteiger partial charge in [0.1, 0.15) is 0 Å². The van der Waals surface area contributed by atoms with Gasteiger partial charge in [0.15, 0.2) is 0 Å². The largest absolute Gasteiger partial charge is 0.383 e. The molecule has 152 valence electrons. The fraction of sp³-hybridized carbons (Fsp3) is 0.400. The molecule has 0 radical (unpaired) electrons. The van der Waals surface area contributed by atoms with Crippen molar-refractivity contribution in [3.63, 3.8) is 0 Å². The summed E-state index contributed by atoms with van der Waals surface area (Å²) >= 11 is 0. The highest BCUT2D eigenvalue weighted by molar-refractivity contribution is 6.00. The fourth-order valence-corrected chi connectivity index (χ4v) is 4.01. The summed E-state index contributed by atoms with van der Waals surface area (Å²) in [6.07, 6.45) is 7.54. The number of rotatable bonds is 7. The molecule has 9 nitrogen and oxygen atoms in total. The third-order valence-corrected chi connectivity index (χ3v) is 5.35. The maximum atomic E-state index is 12.8. The molecule has 4 heterocycles. The van der Waals surface area contributed by atoms with E-state index in [1.807, 2.05) is 18.1 Å². The number of nitrogens with zero attached hydrogens (tertiary/aromatic N) is 5. The van der Waals surface area contributed by atoms with E-state index < -0.39 is 0 Å². The molecule has 0 spiro atoms. The van der Waals surface area contributed by atoms with Crippen molar-refractivity contribution in [3.05, 3.63) is 54.1 Å². The second-order valence-corrected chi connectivity index (χ2v) is 7.23. The Morgan fingerprint density at radius 1 is 1.34 bits per heavy atom. The highest BCUT2D eigenvalue weighted by Gasteiger charge is 2.41. The third-order valence-electron chi connectivity index (χ3n) is 5.35. The number of carbonyl (C=O) groups excluding carboxylic acids is 2. The SMILES string of the molecule is COCCN1C(=O)C[C@H](CNC(=O)c2cccn3nccc23)[C@H]1c1cnn(C)c1. The van der Waals surface area contributed by atoms with Crippen molar-refractivity contribution < 1.29 is 14.3 Å². The molecule has 0 unspecified atom stereocenters. The van der Waals surface area contributed by atoms with Crippen molar-refractivity contribution in [3.8, 4) is 0 Å². The van der Waals surface area contributed by atoms with Crippen LogP contribution < -0.4 is 5.32 Å². The summed E-state index contributed by atoms with van der Waals surface area (Å²) < 4.78 is 8.56. The van der Waals surface area contributed by atoms with Crippen LogP contribution in [0.15, 0.2) is 43.0 Å². The molecule has 1 saturated heterocycles. The van der Waals surface area contributed by atoms with Crippen molar-refractivity contribution in [2.75, 3.05) is 26.8 Å². The molecule has 29 heavy (non-hydrogen) atoms. The Morgan fingerprint density at radius 3 is 2.97 bits per heavy atom. The summed E-state index contributed by atoms with van der Waals surface area (Å²) in [7, 11) is 3.47. The number of hydrogen-bond acceptors (Lipinski definition) is 5. The van der Waals surface area contributed by atoms with E-state index in [1.165, 1.54) is 0 Å². The van der Waals surface area contributed by atoms with Crippen LogP contribution >= 0.6 is 0 Å². The zero-order chi connectivity index (χ0) is 20.4. The molecule has 1 aliphatic rings. The second kappa shape index (κ2) is 8.04. The lowest BCUT2D eigenvalue weighted by atomic mass is 9.95. The van der Waals surface area contributed by atoms with Crippen LogP contribution in [0.25, 0.3) is 5.52 Å². The molecule has 1 fully saturated rings. The number of methoxy groups -OCH3 is 1. The van der Waals surface area contributed by atoms with Crippen LogP contribution in [-0.2, 0) is 16.6 Å². The van der Waals surface area contributed by atoms with Crippen molar-refractivity contribution in [2.45, 2.75) is 12.5 Å². The molecule has 0 aromatic carbocycles. The average Bonchev–Trinajstić information content (AvgIpc) is 3.42. The predicted octanol–water partition coefficient (Wildman–Crippen LogP) is 1.03. The highest BCUT2D eigenvalue weighted by Crippen LogP contribution is 2.37. The van der Waals surface area contributed by atoms with Gasteiger partial charge in [0.2, 0.25) is 5.91 Å². The maximum absolute atomic E-state index is 12.8. The van der Waals surface area contributed by atoms with E-state index in [4.69, 9.17) is 4.74 Å². The molecule has 3 aromatic heterocycles. The van der Waals surface area contributed by atoms with Crippen molar-refractivity contribution in [1.29, 1.82) is 0 Å². The van der Waals surface area contributed by atoms with E-state index in [9.17, 15) is 9.59 Å². The van der Waals surface area contributed by atoms with Crippen molar-refractivity contribution in [1.82, 2.24) is 29.6 Å². The van der Waals surface area contributed by atoms with E-state index in [0.717, 1.165) is 11.1 Å². The number of carbonyl (C=O) groups is 2. The topological polar surface area (TPSA) is 93.8 Å². The van der Waals surface area contributed by atoms with Gasteiger partial charge < -0.3 is 15.0 Å². The minimum atomic E-state index is -0.177. The Hall–Kier alpha value is -3.20. The van der Waals surface area contributed by atoms with Crippen molar-refractivity contribution >= 4 is 17.3 Å². The number of amides is 2. The molecule has 3 aromatic rings. The Balaban J connectivity index is 1.52. The molecule has 9 heteroatoms. The monoisotopic (exact) mass is 396 g/mol. The normalized spacial score (nSPS) is 19.2. The van der Waals surface area contributed by atoms with Gasteiger partial charge in [-0.05, 0) is 18.2 Å². The van der Waals surface area contributed by atoms with Crippen LogP contribution in [0, 0.1) is 5.92 Å². The van der Waals surface area contributed by atoms with Gasteiger partial charge in [0.05, 0.1) is 36.1 Å². The van der Waals surface area contributed by atoms with Gasteiger partial charge in [-0.2, -0.15) is 10.2 Å². The summed E-state index contributed by atoms with van der Waals surface area (Å²) in [5, 5.41) is 11.4. The van der Waals surface area contributed by atoms with Crippen LogP contribution in [0.3, 0.4) is 0 Å². The molecule has 2 amide bonds. The first-order chi connectivity index (χ1) is 14.1. The molecule has 2 atom stereocenters. The Labute approximate surface area is 168 Å². The Kier molecular flexibility index (Phi) is 5.30. The second-order valence-electron chi connectivity index (χ2n) is 7.23. The molecule has 0 aliphatic carbocycles. The fourth-order valence-electron chi connectivity index (χ4n) is 4.01. The molecular formula is C20H24N6O3. The molecule has 0 bridgehead atoms. The minimum Gasteiger partial charge on any atom is -0.383 e. The summed E-state index contributed by atoms with van der Waals surface area (Å²) in [6.45, 7) is 1.36. The van der Waals surface area contributed by atoms with Crippen molar-refractivity contribution in [2.24, 2.45) is 13.0 Å². The minimum absolute atomic E-state index is 0.0443. The summed E-state index contributed by atoms with van der Waals surface area (Å²) in [4.78, 5) is 27.3. The Morgan fingerprint density at radius 2 is 2.21 bits per heavy atom. The highest BCUT2D eigenvalue weighted by atomic mass is 16.5. The third kappa shape index (κ3) is 3.73. The molecule has 0 saturated carbocycles. The van der Waals surface area contributed by atoms with Crippen LogP contribution in [0.4, 0.5) is 0 Å². The summed E-state index contributed by atoms with van der Waals surface area (Å²) in [5.41, 5.74) is 2.27. The summed E-state index contributed by atoms with van der Waals surface area (Å²) in [5.74, 6) is -0.158. The number of hydrogen-bond donors (Lipinski definition) is 1. The summed E-state index contributed by atoms with van der Waals surface area (Å²) in [6, 6.07) is 5.23. The number of nitrogens with one attached hydrogen (secondary N) is 1. The Bertz CT molecular complexity index is 1030. The van der Waals surface area contributed by atoms with Gasteiger partial charge in [-0.25, -0.2) is 4.52 Å². The van der Waals surface area contributed by atoms with Gasteiger partial charge >= 0.3 is 0 Å². The van der Waals surface area contributed by atoms with E-state index in [-0.39, 0.29) is 23.8 Å². The van der Waals surface area contributed by atoms with Gasteiger partial charge in [-0.1, -0.05) is 0 Å². The van der Waals surface area contributed by atoms with Crippen LogP contribution in [-0.4, -0.2) is 62.9 Å². The van der Waals surface area contributed by atoms with E-state index >= 15 is 0 Å². The standard InChI is InChI=1S/C20H24N6O3/c1-24-13-15(12-23-24)19-14(10-18(27)25(19)8-9-29-2)11-21-20(28)16-4-3-7-26-17(16)5-6-22-26/h3-7,12-14,19H,8-11H2,1-2H3,(H,21,28)/t14-,19+/m1/s1.